The first kappa shape index (κ1) is 21.7. The Morgan fingerprint density at radius 3 is 2.44 bits per heavy atom. The van der Waals surface area contributed by atoms with Gasteiger partial charge in [-0.15, -0.1) is 12.4 Å². The van der Waals surface area contributed by atoms with Crippen LogP contribution in [0.3, 0.4) is 0 Å². The molecule has 1 aromatic carbocycles. The smallest absolute Gasteiger partial charge is 0.251 e. The summed E-state index contributed by atoms with van der Waals surface area (Å²) >= 11 is 5.79. The van der Waals surface area contributed by atoms with Gasteiger partial charge in [-0.05, 0) is 62.0 Å². The lowest BCUT2D eigenvalue weighted by Gasteiger charge is -2.34. The van der Waals surface area contributed by atoms with Crippen LogP contribution in [0.4, 0.5) is 0 Å². The maximum absolute atomic E-state index is 11.9. The average Bonchev–Trinajstić information content (AvgIpc) is 2.58. The molecule has 25 heavy (non-hydrogen) atoms. The van der Waals surface area contributed by atoms with Crippen molar-refractivity contribution in [2.24, 2.45) is 5.41 Å². The van der Waals surface area contributed by atoms with Crippen molar-refractivity contribution >= 4 is 35.8 Å². The largest absolute Gasteiger partial charge is 0.356 e. The van der Waals surface area contributed by atoms with Gasteiger partial charge in [-0.2, -0.15) is 0 Å². The molecule has 2 amide bonds. The SMILES string of the molecule is CC1(CNC(=O)CCCNC(=O)c2ccc(Cl)cc2)CCNCC1.Cl. The number of piperidine rings is 1. The van der Waals surface area contributed by atoms with Crippen LogP contribution in [0.15, 0.2) is 24.3 Å². The molecule has 5 nitrogen and oxygen atoms in total. The average molecular weight is 388 g/mol. The van der Waals surface area contributed by atoms with E-state index in [4.69, 9.17) is 11.6 Å². The Bertz CT molecular complexity index is 558. The topological polar surface area (TPSA) is 70.2 Å². The number of benzene rings is 1. The molecule has 3 N–H and O–H groups in total. The summed E-state index contributed by atoms with van der Waals surface area (Å²) in [6, 6.07) is 6.74. The van der Waals surface area contributed by atoms with E-state index < -0.39 is 0 Å². The van der Waals surface area contributed by atoms with E-state index in [2.05, 4.69) is 22.9 Å². The summed E-state index contributed by atoms with van der Waals surface area (Å²) in [7, 11) is 0. The van der Waals surface area contributed by atoms with Crippen LogP contribution in [0.1, 0.15) is 43.0 Å². The van der Waals surface area contributed by atoms with Gasteiger partial charge < -0.3 is 16.0 Å². The second-order valence-corrected chi connectivity index (χ2v) is 7.14. The fraction of sp³-hybridized carbons (Fsp3) is 0.556. The van der Waals surface area contributed by atoms with E-state index in [1.807, 2.05) is 0 Å². The normalized spacial score (nSPS) is 15.8. The van der Waals surface area contributed by atoms with Crippen molar-refractivity contribution in [2.75, 3.05) is 26.2 Å². The zero-order chi connectivity index (χ0) is 17.4. The predicted octanol–water partition coefficient (Wildman–Crippen LogP) is 2.78. The lowest BCUT2D eigenvalue weighted by molar-refractivity contribution is -0.121. The summed E-state index contributed by atoms with van der Waals surface area (Å²) in [5.74, 6) is -0.0928. The second-order valence-electron chi connectivity index (χ2n) is 6.70. The number of nitrogens with one attached hydrogen (secondary N) is 3. The van der Waals surface area contributed by atoms with Crippen LogP contribution in [0, 0.1) is 5.41 Å². The Morgan fingerprint density at radius 1 is 1.16 bits per heavy atom. The highest BCUT2D eigenvalue weighted by atomic mass is 35.5. The quantitative estimate of drug-likeness (QED) is 0.629. The van der Waals surface area contributed by atoms with Gasteiger partial charge in [0.25, 0.3) is 5.91 Å². The summed E-state index contributed by atoms with van der Waals surface area (Å²) in [4.78, 5) is 23.8. The molecule has 0 bridgehead atoms. The Morgan fingerprint density at radius 2 is 1.80 bits per heavy atom. The fourth-order valence-electron chi connectivity index (χ4n) is 2.76. The third-order valence-corrected chi connectivity index (χ3v) is 4.75. The second kappa shape index (κ2) is 10.6. The van der Waals surface area contributed by atoms with Crippen LogP contribution in [-0.4, -0.2) is 38.0 Å². The van der Waals surface area contributed by atoms with Crippen LogP contribution in [0.2, 0.25) is 5.02 Å². The molecule has 1 heterocycles. The lowest BCUT2D eigenvalue weighted by atomic mass is 9.81. The van der Waals surface area contributed by atoms with Gasteiger partial charge in [0.05, 0.1) is 0 Å². The first-order chi connectivity index (χ1) is 11.5. The monoisotopic (exact) mass is 387 g/mol. The molecule has 2 rings (SSSR count). The first-order valence-corrected chi connectivity index (χ1v) is 8.87. The summed E-state index contributed by atoms with van der Waals surface area (Å²) in [5.41, 5.74) is 0.770. The molecule has 140 valence electrons. The molecule has 0 radical (unpaired) electrons. The summed E-state index contributed by atoms with van der Waals surface area (Å²) in [5, 5.41) is 9.78. The molecule has 1 fully saturated rings. The standard InChI is InChI=1S/C18H26ClN3O2.ClH/c1-18(8-11-20-12-9-18)13-22-16(23)3-2-10-21-17(24)14-4-6-15(19)7-5-14;/h4-7,20H,2-3,8-13H2,1H3,(H,21,24)(H,22,23);1H. The number of carbonyl (C=O) groups excluding carboxylic acids is 2. The molecule has 7 heteroatoms. The van der Waals surface area contributed by atoms with E-state index in [-0.39, 0.29) is 29.6 Å². The number of carbonyl (C=O) groups is 2. The van der Waals surface area contributed by atoms with Gasteiger partial charge in [0.2, 0.25) is 5.91 Å². The van der Waals surface area contributed by atoms with Crippen molar-refractivity contribution in [2.45, 2.75) is 32.6 Å². The van der Waals surface area contributed by atoms with Gasteiger partial charge in [-0.25, -0.2) is 0 Å². The van der Waals surface area contributed by atoms with E-state index in [1.165, 1.54) is 0 Å². The lowest BCUT2D eigenvalue weighted by Crippen LogP contribution is -2.43. The highest BCUT2D eigenvalue weighted by Gasteiger charge is 2.26. The van der Waals surface area contributed by atoms with Crippen molar-refractivity contribution in [1.82, 2.24) is 16.0 Å². The Balaban J connectivity index is 0.00000312. The van der Waals surface area contributed by atoms with E-state index in [1.54, 1.807) is 24.3 Å². The van der Waals surface area contributed by atoms with Crippen molar-refractivity contribution < 1.29 is 9.59 Å². The molecule has 0 aromatic heterocycles. The third-order valence-electron chi connectivity index (χ3n) is 4.50. The molecule has 1 saturated heterocycles. The number of amides is 2. The van der Waals surface area contributed by atoms with Gasteiger partial charge >= 0.3 is 0 Å². The Kier molecular flexibility index (Phi) is 9.25. The van der Waals surface area contributed by atoms with Gasteiger partial charge in [0, 0.05) is 30.1 Å². The maximum Gasteiger partial charge on any atom is 0.251 e. The molecule has 0 spiro atoms. The maximum atomic E-state index is 11.9. The van der Waals surface area contributed by atoms with Crippen LogP contribution in [0.25, 0.3) is 0 Å². The van der Waals surface area contributed by atoms with E-state index in [0.717, 1.165) is 32.5 Å². The minimum absolute atomic E-state index is 0. The molecule has 0 aliphatic carbocycles. The molecule has 1 aromatic rings. The van der Waals surface area contributed by atoms with Crippen molar-refractivity contribution in [3.05, 3.63) is 34.9 Å². The summed E-state index contributed by atoms with van der Waals surface area (Å²) < 4.78 is 0. The highest BCUT2D eigenvalue weighted by Crippen LogP contribution is 2.26. The van der Waals surface area contributed by atoms with E-state index >= 15 is 0 Å². The van der Waals surface area contributed by atoms with E-state index in [0.29, 0.717) is 30.0 Å². The third kappa shape index (κ3) is 7.63. The van der Waals surface area contributed by atoms with Crippen molar-refractivity contribution in [1.29, 1.82) is 0 Å². The van der Waals surface area contributed by atoms with Gasteiger partial charge in [0.1, 0.15) is 0 Å². The minimum atomic E-state index is -0.144. The van der Waals surface area contributed by atoms with Crippen LogP contribution in [0.5, 0.6) is 0 Å². The molecular formula is C18H27Cl2N3O2. The Hall–Kier alpha value is -1.30. The van der Waals surface area contributed by atoms with Crippen molar-refractivity contribution in [3.8, 4) is 0 Å². The van der Waals surface area contributed by atoms with Crippen LogP contribution < -0.4 is 16.0 Å². The summed E-state index contributed by atoms with van der Waals surface area (Å²) in [6.07, 6.45) is 3.23. The van der Waals surface area contributed by atoms with Gasteiger partial charge in [-0.1, -0.05) is 18.5 Å². The molecule has 1 aliphatic rings. The molecule has 0 saturated carbocycles. The molecule has 1 aliphatic heterocycles. The number of hydrogen-bond donors (Lipinski definition) is 3. The van der Waals surface area contributed by atoms with Crippen LogP contribution in [-0.2, 0) is 4.79 Å². The fourth-order valence-corrected chi connectivity index (χ4v) is 2.89. The van der Waals surface area contributed by atoms with Crippen LogP contribution >= 0.6 is 24.0 Å². The number of rotatable bonds is 7. The molecule has 0 unspecified atom stereocenters. The summed E-state index contributed by atoms with van der Waals surface area (Å²) in [6.45, 7) is 5.47. The highest BCUT2D eigenvalue weighted by molar-refractivity contribution is 6.30. The van der Waals surface area contributed by atoms with Gasteiger partial charge in [0.15, 0.2) is 0 Å². The minimum Gasteiger partial charge on any atom is -0.356 e. The van der Waals surface area contributed by atoms with Gasteiger partial charge in [-0.3, -0.25) is 9.59 Å². The molecular weight excluding hydrogens is 361 g/mol. The predicted molar refractivity (Wildman–Crippen MR) is 103 cm³/mol. The number of halogens is 2. The number of hydrogen-bond acceptors (Lipinski definition) is 3. The van der Waals surface area contributed by atoms with E-state index in [9.17, 15) is 9.59 Å². The first-order valence-electron chi connectivity index (χ1n) is 8.50. The zero-order valence-electron chi connectivity index (χ0n) is 14.6. The Labute approximate surface area is 160 Å². The zero-order valence-corrected chi connectivity index (χ0v) is 16.1. The van der Waals surface area contributed by atoms with Crippen molar-refractivity contribution in [3.63, 3.8) is 0 Å². The molecule has 0 atom stereocenters.